The number of carbonyl (C=O) groups excluding carboxylic acids is 1. The Hall–Kier alpha value is -2.37. The third kappa shape index (κ3) is 4.13. The molecule has 0 saturated carbocycles. The third-order valence-electron chi connectivity index (χ3n) is 3.98. The number of nitrogens with one attached hydrogen (secondary N) is 2. The third-order valence-corrected chi connectivity index (χ3v) is 3.98. The van der Waals surface area contributed by atoms with Gasteiger partial charge in [0, 0.05) is 12.2 Å². The Labute approximate surface area is 141 Å². The van der Waals surface area contributed by atoms with E-state index in [1.54, 1.807) is 12.1 Å². The molecule has 2 aromatic carbocycles. The molecule has 2 aromatic rings. The SMILES string of the molecule is Cc1cc(C)cc(Oc2ccc(NC(=O)C3CC(O)CN3)cc2)c1. The van der Waals surface area contributed by atoms with Crippen LogP contribution in [0.2, 0.25) is 0 Å². The summed E-state index contributed by atoms with van der Waals surface area (Å²) in [5.74, 6) is 1.38. The summed E-state index contributed by atoms with van der Waals surface area (Å²) in [4.78, 5) is 12.1. The minimum atomic E-state index is -0.450. The molecule has 2 unspecified atom stereocenters. The Morgan fingerprint density at radius 3 is 2.38 bits per heavy atom. The van der Waals surface area contributed by atoms with Crippen molar-refractivity contribution in [2.45, 2.75) is 32.4 Å². The topological polar surface area (TPSA) is 70.6 Å². The lowest BCUT2D eigenvalue weighted by Crippen LogP contribution is -2.35. The summed E-state index contributed by atoms with van der Waals surface area (Å²) in [7, 11) is 0. The molecule has 2 atom stereocenters. The highest BCUT2D eigenvalue weighted by Crippen LogP contribution is 2.25. The van der Waals surface area contributed by atoms with Crippen molar-refractivity contribution in [3.63, 3.8) is 0 Å². The Kier molecular flexibility index (Phi) is 4.83. The zero-order chi connectivity index (χ0) is 17.1. The summed E-state index contributed by atoms with van der Waals surface area (Å²) in [5.41, 5.74) is 3.01. The number of anilines is 1. The van der Waals surface area contributed by atoms with Crippen LogP contribution in [0.25, 0.3) is 0 Å². The van der Waals surface area contributed by atoms with Crippen molar-refractivity contribution >= 4 is 11.6 Å². The molecule has 1 heterocycles. The van der Waals surface area contributed by atoms with Gasteiger partial charge in [-0.05, 0) is 67.8 Å². The molecule has 0 aliphatic carbocycles. The van der Waals surface area contributed by atoms with Gasteiger partial charge in [0.25, 0.3) is 0 Å². The highest BCUT2D eigenvalue weighted by Gasteiger charge is 2.27. The van der Waals surface area contributed by atoms with Crippen LogP contribution < -0.4 is 15.4 Å². The van der Waals surface area contributed by atoms with E-state index in [1.807, 2.05) is 38.1 Å². The molecule has 0 bridgehead atoms. The van der Waals surface area contributed by atoms with E-state index in [9.17, 15) is 9.90 Å². The number of β-amino-alcohol motifs (C(OH)–C–C–N with tert-alkyl or cyclic N) is 1. The Morgan fingerprint density at radius 1 is 1.12 bits per heavy atom. The number of hydrogen-bond donors (Lipinski definition) is 3. The highest BCUT2D eigenvalue weighted by molar-refractivity contribution is 5.95. The average molecular weight is 326 g/mol. The fourth-order valence-corrected chi connectivity index (χ4v) is 2.88. The quantitative estimate of drug-likeness (QED) is 0.808. The van der Waals surface area contributed by atoms with Gasteiger partial charge in [-0.15, -0.1) is 0 Å². The molecular weight excluding hydrogens is 304 g/mol. The smallest absolute Gasteiger partial charge is 0.241 e. The molecule has 1 aliphatic heterocycles. The number of aryl methyl sites for hydroxylation is 2. The molecule has 126 valence electrons. The van der Waals surface area contributed by atoms with Gasteiger partial charge in [0.1, 0.15) is 11.5 Å². The predicted molar refractivity (Wildman–Crippen MR) is 93.5 cm³/mol. The first kappa shape index (κ1) is 16.5. The van der Waals surface area contributed by atoms with E-state index in [-0.39, 0.29) is 11.9 Å². The van der Waals surface area contributed by atoms with Crippen molar-refractivity contribution in [3.05, 3.63) is 53.6 Å². The number of aliphatic hydroxyl groups is 1. The number of hydrogen-bond acceptors (Lipinski definition) is 4. The summed E-state index contributed by atoms with van der Waals surface area (Å²) in [5, 5.41) is 15.3. The van der Waals surface area contributed by atoms with Crippen LogP contribution in [0.3, 0.4) is 0 Å². The van der Waals surface area contributed by atoms with E-state index in [0.717, 1.165) is 16.9 Å². The Morgan fingerprint density at radius 2 is 1.79 bits per heavy atom. The molecule has 3 N–H and O–H groups in total. The summed E-state index contributed by atoms with van der Waals surface area (Å²) in [6.07, 6.45) is -0.00553. The number of amides is 1. The fraction of sp³-hybridized carbons (Fsp3) is 0.316. The van der Waals surface area contributed by atoms with Crippen molar-refractivity contribution in [3.8, 4) is 11.5 Å². The molecule has 3 rings (SSSR count). The van der Waals surface area contributed by atoms with Gasteiger partial charge in [-0.2, -0.15) is 0 Å². The average Bonchev–Trinajstić information content (AvgIpc) is 2.95. The number of aliphatic hydroxyl groups excluding tert-OH is 1. The van der Waals surface area contributed by atoms with E-state index in [0.29, 0.717) is 24.4 Å². The van der Waals surface area contributed by atoms with Crippen molar-refractivity contribution in [2.75, 3.05) is 11.9 Å². The van der Waals surface area contributed by atoms with Gasteiger partial charge < -0.3 is 20.5 Å². The van der Waals surface area contributed by atoms with Gasteiger partial charge in [0.15, 0.2) is 0 Å². The van der Waals surface area contributed by atoms with Crippen molar-refractivity contribution in [1.82, 2.24) is 5.32 Å². The van der Waals surface area contributed by atoms with Crippen LogP contribution in [0.15, 0.2) is 42.5 Å². The van der Waals surface area contributed by atoms with Crippen molar-refractivity contribution < 1.29 is 14.6 Å². The minimum Gasteiger partial charge on any atom is -0.457 e. The van der Waals surface area contributed by atoms with E-state index < -0.39 is 6.10 Å². The van der Waals surface area contributed by atoms with Gasteiger partial charge in [0.2, 0.25) is 5.91 Å². The lowest BCUT2D eigenvalue weighted by atomic mass is 10.1. The van der Waals surface area contributed by atoms with Gasteiger partial charge in [-0.1, -0.05) is 6.07 Å². The zero-order valence-electron chi connectivity index (χ0n) is 13.9. The van der Waals surface area contributed by atoms with Gasteiger partial charge in [-0.3, -0.25) is 4.79 Å². The molecule has 0 radical (unpaired) electrons. The van der Waals surface area contributed by atoms with Crippen LogP contribution in [0.1, 0.15) is 17.5 Å². The van der Waals surface area contributed by atoms with Gasteiger partial charge in [0.05, 0.1) is 12.1 Å². The Balaban J connectivity index is 1.62. The molecule has 1 fully saturated rings. The standard InChI is InChI=1S/C19H22N2O3/c1-12-7-13(2)9-17(8-12)24-16-5-3-14(4-6-16)21-19(23)18-10-15(22)11-20-18/h3-9,15,18,20,22H,10-11H2,1-2H3,(H,21,23). The molecular formula is C19H22N2O3. The van der Waals surface area contributed by atoms with Gasteiger partial charge in [-0.25, -0.2) is 0 Å². The summed E-state index contributed by atoms with van der Waals surface area (Å²) < 4.78 is 5.86. The second-order valence-electron chi connectivity index (χ2n) is 6.29. The fourth-order valence-electron chi connectivity index (χ4n) is 2.88. The van der Waals surface area contributed by atoms with Crippen LogP contribution >= 0.6 is 0 Å². The Bertz CT molecular complexity index is 708. The molecule has 1 saturated heterocycles. The lowest BCUT2D eigenvalue weighted by Gasteiger charge is -2.12. The minimum absolute atomic E-state index is 0.130. The second kappa shape index (κ2) is 7.03. The largest absolute Gasteiger partial charge is 0.457 e. The first-order chi connectivity index (χ1) is 11.5. The number of benzene rings is 2. The highest BCUT2D eigenvalue weighted by atomic mass is 16.5. The molecule has 1 aliphatic rings. The number of rotatable bonds is 4. The van der Waals surface area contributed by atoms with E-state index >= 15 is 0 Å². The van der Waals surface area contributed by atoms with E-state index in [4.69, 9.17) is 4.74 Å². The molecule has 0 spiro atoms. The second-order valence-corrected chi connectivity index (χ2v) is 6.29. The van der Waals surface area contributed by atoms with E-state index in [2.05, 4.69) is 16.7 Å². The first-order valence-corrected chi connectivity index (χ1v) is 8.08. The molecule has 1 amide bonds. The maximum absolute atomic E-state index is 12.1. The predicted octanol–water partition coefficient (Wildman–Crippen LogP) is 2.76. The summed E-state index contributed by atoms with van der Waals surface area (Å²) in [6.45, 7) is 4.53. The molecule has 5 nitrogen and oxygen atoms in total. The van der Waals surface area contributed by atoms with Crippen LogP contribution in [0.5, 0.6) is 11.5 Å². The van der Waals surface area contributed by atoms with Crippen LogP contribution in [-0.2, 0) is 4.79 Å². The first-order valence-electron chi connectivity index (χ1n) is 8.08. The molecule has 0 aromatic heterocycles. The summed E-state index contributed by atoms with van der Waals surface area (Å²) in [6, 6.07) is 13.0. The maximum Gasteiger partial charge on any atom is 0.241 e. The molecule has 24 heavy (non-hydrogen) atoms. The number of carbonyl (C=O) groups is 1. The van der Waals surface area contributed by atoms with Crippen LogP contribution in [0, 0.1) is 13.8 Å². The normalized spacial score (nSPS) is 20.0. The number of ether oxygens (including phenoxy) is 1. The van der Waals surface area contributed by atoms with Crippen molar-refractivity contribution in [2.24, 2.45) is 0 Å². The van der Waals surface area contributed by atoms with Gasteiger partial charge >= 0.3 is 0 Å². The van der Waals surface area contributed by atoms with Crippen LogP contribution in [0.4, 0.5) is 5.69 Å². The van der Waals surface area contributed by atoms with E-state index in [1.165, 1.54) is 0 Å². The van der Waals surface area contributed by atoms with Crippen molar-refractivity contribution in [1.29, 1.82) is 0 Å². The molecule has 5 heteroatoms. The summed E-state index contributed by atoms with van der Waals surface area (Å²) >= 11 is 0. The van der Waals surface area contributed by atoms with Crippen LogP contribution in [-0.4, -0.2) is 29.7 Å². The monoisotopic (exact) mass is 326 g/mol. The zero-order valence-corrected chi connectivity index (χ0v) is 13.9. The maximum atomic E-state index is 12.1. The lowest BCUT2D eigenvalue weighted by molar-refractivity contribution is -0.117.